The fourth-order valence-electron chi connectivity index (χ4n) is 0.984. The van der Waals surface area contributed by atoms with Crippen molar-refractivity contribution in [2.24, 2.45) is 5.73 Å². The van der Waals surface area contributed by atoms with Crippen molar-refractivity contribution < 1.29 is 4.79 Å². The highest BCUT2D eigenvalue weighted by molar-refractivity contribution is 5.91. The Labute approximate surface area is 76.6 Å². The molecule has 0 bridgehead atoms. The molecule has 1 aromatic heterocycles. The molecule has 3 N–H and O–H groups in total. The van der Waals surface area contributed by atoms with Crippen molar-refractivity contribution in [3.05, 3.63) is 18.3 Å². The smallest absolute Gasteiger partial charge is 0.316 e. The molecule has 70 valence electrons. The van der Waals surface area contributed by atoms with Gasteiger partial charge in [-0.1, -0.05) is 0 Å². The molecular weight excluding hydrogens is 168 g/mol. The lowest BCUT2D eigenvalue weighted by Crippen LogP contribution is -2.22. The van der Waals surface area contributed by atoms with Crippen LogP contribution >= 0.6 is 0 Å². The predicted octanol–water partition coefficient (Wildman–Crippen LogP) is 0.638. The summed E-state index contributed by atoms with van der Waals surface area (Å²) in [7, 11) is 3.68. The number of carbonyl (C=O) groups is 1. The van der Waals surface area contributed by atoms with Crippen molar-refractivity contribution in [3.8, 4) is 0 Å². The van der Waals surface area contributed by atoms with E-state index in [9.17, 15) is 4.79 Å². The van der Waals surface area contributed by atoms with E-state index >= 15 is 0 Å². The third kappa shape index (κ3) is 2.33. The van der Waals surface area contributed by atoms with Gasteiger partial charge in [0.25, 0.3) is 0 Å². The Morgan fingerprint density at radius 3 is 2.85 bits per heavy atom. The first kappa shape index (κ1) is 9.31. The molecule has 5 nitrogen and oxygen atoms in total. The zero-order valence-electron chi connectivity index (χ0n) is 7.61. The second kappa shape index (κ2) is 3.75. The zero-order chi connectivity index (χ0) is 9.84. The number of hydrogen-bond donors (Lipinski definition) is 2. The van der Waals surface area contributed by atoms with E-state index in [1.807, 2.05) is 14.1 Å². The summed E-state index contributed by atoms with van der Waals surface area (Å²) >= 11 is 0. The van der Waals surface area contributed by atoms with Gasteiger partial charge in [0, 0.05) is 20.3 Å². The molecule has 1 aromatic rings. The standard InChI is InChI=1S/C8H12N4O/c1-12(2)7-6(11-8(9)13)4-3-5-10-7/h3-5H,1-2H3,(H3,9,11,13). The van der Waals surface area contributed by atoms with Crippen LogP contribution in [0.1, 0.15) is 0 Å². The maximum atomic E-state index is 10.6. The van der Waals surface area contributed by atoms with E-state index in [4.69, 9.17) is 5.73 Å². The van der Waals surface area contributed by atoms with Gasteiger partial charge < -0.3 is 16.0 Å². The Morgan fingerprint density at radius 2 is 2.31 bits per heavy atom. The van der Waals surface area contributed by atoms with Crippen molar-refractivity contribution >= 4 is 17.5 Å². The second-order valence-corrected chi connectivity index (χ2v) is 2.76. The van der Waals surface area contributed by atoms with Gasteiger partial charge in [0.1, 0.15) is 0 Å². The van der Waals surface area contributed by atoms with Crippen molar-refractivity contribution in [2.45, 2.75) is 0 Å². The molecule has 0 aliphatic heterocycles. The van der Waals surface area contributed by atoms with E-state index in [1.54, 1.807) is 23.2 Å². The number of primary amides is 1. The number of amides is 2. The molecule has 0 aliphatic carbocycles. The highest BCUT2D eigenvalue weighted by Crippen LogP contribution is 2.19. The number of nitrogens with one attached hydrogen (secondary N) is 1. The van der Waals surface area contributed by atoms with Gasteiger partial charge in [-0.25, -0.2) is 9.78 Å². The predicted molar refractivity (Wildman–Crippen MR) is 51.8 cm³/mol. The minimum Gasteiger partial charge on any atom is -0.361 e. The number of rotatable bonds is 2. The molecule has 0 unspecified atom stereocenters. The molecule has 0 saturated carbocycles. The van der Waals surface area contributed by atoms with Crippen LogP contribution < -0.4 is 16.0 Å². The molecule has 1 rings (SSSR count). The van der Waals surface area contributed by atoms with Crippen molar-refractivity contribution in [1.29, 1.82) is 0 Å². The molecule has 0 atom stereocenters. The quantitative estimate of drug-likeness (QED) is 0.701. The Hall–Kier alpha value is -1.78. The average Bonchev–Trinajstić information content (AvgIpc) is 2.03. The monoisotopic (exact) mass is 180 g/mol. The molecule has 13 heavy (non-hydrogen) atoms. The number of pyridine rings is 1. The minimum atomic E-state index is -0.587. The molecule has 1 heterocycles. The Bertz CT molecular complexity index is 311. The molecule has 0 fully saturated rings. The van der Waals surface area contributed by atoms with Crippen LogP contribution in [0, 0.1) is 0 Å². The molecule has 2 amide bonds. The van der Waals surface area contributed by atoms with Crippen LogP contribution in [0.4, 0.5) is 16.3 Å². The topological polar surface area (TPSA) is 71.2 Å². The molecule has 0 aromatic carbocycles. The van der Waals surface area contributed by atoms with Gasteiger partial charge in [0.05, 0.1) is 5.69 Å². The maximum absolute atomic E-state index is 10.6. The first-order chi connectivity index (χ1) is 6.11. The fourth-order valence-corrected chi connectivity index (χ4v) is 0.984. The number of anilines is 2. The summed E-state index contributed by atoms with van der Waals surface area (Å²) in [5.41, 5.74) is 5.61. The van der Waals surface area contributed by atoms with Gasteiger partial charge in [-0.05, 0) is 12.1 Å². The summed E-state index contributed by atoms with van der Waals surface area (Å²) in [6.07, 6.45) is 1.65. The lowest BCUT2D eigenvalue weighted by molar-refractivity contribution is 0.259. The molecule has 0 spiro atoms. The summed E-state index contributed by atoms with van der Waals surface area (Å²) in [6, 6.07) is 2.89. The van der Waals surface area contributed by atoms with Gasteiger partial charge in [-0.3, -0.25) is 0 Å². The van der Waals surface area contributed by atoms with Crippen molar-refractivity contribution in [2.75, 3.05) is 24.3 Å². The highest BCUT2D eigenvalue weighted by atomic mass is 16.2. The molecule has 0 radical (unpaired) electrons. The summed E-state index contributed by atoms with van der Waals surface area (Å²) in [4.78, 5) is 16.5. The van der Waals surface area contributed by atoms with E-state index < -0.39 is 6.03 Å². The zero-order valence-corrected chi connectivity index (χ0v) is 7.61. The first-order valence-electron chi connectivity index (χ1n) is 3.80. The summed E-state index contributed by atoms with van der Waals surface area (Å²) < 4.78 is 0. The number of nitrogens with zero attached hydrogens (tertiary/aromatic N) is 2. The van der Waals surface area contributed by atoms with Gasteiger partial charge >= 0.3 is 6.03 Å². The van der Waals surface area contributed by atoms with Crippen molar-refractivity contribution in [1.82, 2.24) is 4.98 Å². The third-order valence-electron chi connectivity index (χ3n) is 1.47. The Kier molecular flexibility index (Phi) is 2.69. The summed E-state index contributed by atoms with van der Waals surface area (Å²) in [5, 5.41) is 2.49. The Morgan fingerprint density at radius 1 is 1.62 bits per heavy atom. The highest BCUT2D eigenvalue weighted by Gasteiger charge is 2.05. The molecule has 5 heteroatoms. The number of nitrogens with two attached hydrogens (primary N) is 1. The van der Waals surface area contributed by atoms with E-state index in [-0.39, 0.29) is 0 Å². The number of carbonyl (C=O) groups excluding carboxylic acids is 1. The largest absolute Gasteiger partial charge is 0.361 e. The number of hydrogen-bond acceptors (Lipinski definition) is 3. The summed E-state index contributed by atoms with van der Waals surface area (Å²) in [5.74, 6) is 0.682. The van der Waals surface area contributed by atoms with Gasteiger partial charge in [-0.2, -0.15) is 0 Å². The van der Waals surface area contributed by atoms with Gasteiger partial charge in [0.2, 0.25) is 0 Å². The van der Waals surface area contributed by atoms with Gasteiger partial charge in [0.15, 0.2) is 5.82 Å². The van der Waals surface area contributed by atoms with Crippen LogP contribution in [-0.2, 0) is 0 Å². The van der Waals surface area contributed by atoms with E-state index in [0.717, 1.165) is 0 Å². The lowest BCUT2D eigenvalue weighted by Gasteiger charge is -2.15. The van der Waals surface area contributed by atoms with Crippen LogP contribution in [0.2, 0.25) is 0 Å². The molecule has 0 aliphatic rings. The lowest BCUT2D eigenvalue weighted by atomic mass is 10.3. The van der Waals surface area contributed by atoms with E-state index in [0.29, 0.717) is 11.5 Å². The first-order valence-corrected chi connectivity index (χ1v) is 3.80. The van der Waals surface area contributed by atoms with Crippen molar-refractivity contribution in [3.63, 3.8) is 0 Å². The number of urea groups is 1. The number of aromatic nitrogens is 1. The Balaban J connectivity index is 2.97. The van der Waals surface area contributed by atoms with Crippen LogP contribution in [0.5, 0.6) is 0 Å². The maximum Gasteiger partial charge on any atom is 0.316 e. The fraction of sp³-hybridized carbons (Fsp3) is 0.250. The minimum absolute atomic E-state index is 0.587. The van der Waals surface area contributed by atoms with Crippen LogP contribution in [0.25, 0.3) is 0 Å². The normalized spacial score (nSPS) is 9.38. The van der Waals surface area contributed by atoms with Gasteiger partial charge in [-0.15, -0.1) is 0 Å². The van der Waals surface area contributed by atoms with Crippen LogP contribution in [0.15, 0.2) is 18.3 Å². The van der Waals surface area contributed by atoms with Crippen LogP contribution in [-0.4, -0.2) is 25.1 Å². The van der Waals surface area contributed by atoms with E-state index in [2.05, 4.69) is 10.3 Å². The molecule has 0 saturated heterocycles. The van der Waals surface area contributed by atoms with E-state index in [1.165, 1.54) is 0 Å². The molecular formula is C8H12N4O. The SMILES string of the molecule is CN(C)c1ncccc1NC(N)=O. The second-order valence-electron chi connectivity index (χ2n) is 2.76. The summed E-state index contributed by atoms with van der Waals surface area (Å²) in [6.45, 7) is 0. The average molecular weight is 180 g/mol. The third-order valence-corrected chi connectivity index (χ3v) is 1.47. The van der Waals surface area contributed by atoms with Crippen LogP contribution in [0.3, 0.4) is 0 Å².